The summed E-state index contributed by atoms with van der Waals surface area (Å²) in [5.41, 5.74) is 2.26. The molecule has 0 aromatic heterocycles. The Kier molecular flexibility index (Phi) is 4.77. The summed E-state index contributed by atoms with van der Waals surface area (Å²) in [6.07, 6.45) is -0.600. The second-order valence-corrected chi connectivity index (χ2v) is 4.40. The van der Waals surface area contributed by atoms with E-state index in [1.807, 2.05) is 42.5 Å². The van der Waals surface area contributed by atoms with Crippen molar-refractivity contribution in [1.29, 1.82) is 0 Å². The van der Waals surface area contributed by atoms with Crippen molar-refractivity contribution in [1.82, 2.24) is 0 Å². The lowest BCUT2D eigenvalue weighted by atomic mass is 10.1. The van der Waals surface area contributed by atoms with Crippen LogP contribution in [-0.2, 0) is 9.53 Å². The van der Waals surface area contributed by atoms with Crippen LogP contribution in [0.25, 0.3) is 11.1 Å². The average Bonchev–Trinajstić information content (AvgIpc) is 2.49. The summed E-state index contributed by atoms with van der Waals surface area (Å²) in [5, 5.41) is 0. The number of ether oxygens (including phenoxy) is 2. The largest absolute Gasteiger partial charge is 0.479 e. The highest BCUT2D eigenvalue weighted by Crippen LogP contribution is 2.22. The molecule has 20 heavy (non-hydrogen) atoms. The van der Waals surface area contributed by atoms with Gasteiger partial charge in [0.2, 0.25) is 0 Å². The molecule has 1 atom stereocenters. The number of benzene rings is 2. The highest BCUT2D eigenvalue weighted by Gasteiger charge is 2.15. The van der Waals surface area contributed by atoms with Crippen molar-refractivity contribution in [3.8, 4) is 16.9 Å². The van der Waals surface area contributed by atoms with Crippen LogP contribution in [0, 0.1) is 0 Å². The summed E-state index contributed by atoms with van der Waals surface area (Å²) in [7, 11) is 0. The van der Waals surface area contributed by atoms with Crippen LogP contribution in [0.4, 0.5) is 0 Å². The predicted octanol–water partition coefficient (Wildman–Crippen LogP) is 3.68. The molecule has 0 aliphatic rings. The lowest BCUT2D eigenvalue weighted by molar-refractivity contribution is -0.150. The maximum atomic E-state index is 11.5. The second-order valence-electron chi connectivity index (χ2n) is 4.40. The number of rotatable bonds is 5. The van der Waals surface area contributed by atoms with Crippen LogP contribution in [0.1, 0.15) is 13.8 Å². The number of esters is 1. The minimum atomic E-state index is -0.600. The van der Waals surface area contributed by atoms with E-state index in [9.17, 15) is 4.79 Å². The minimum Gasteiger partial charge on any atom is -0.479 e. The third-order valence-corrected chi connectivity index (χ3v) is 2.89. The van der Waals surface area contributed by atoms with Gasteiger partial charge >= 0.3 is 5.97 Å². The van der Waals surface area contributed by atoms with E-state index in [1.54, 1.807) is 13.8 Å². The SMILES string of the molecule is CCOC(=O)[C@H](C)Oc1ccc(-c2ccccc2)cc1. The molecule has 2 aromatic rings. The van der Waals surface area contributed by atoms with Gasteiger partial charge in [0.05, 0.1) is 6.61 Å². The molecule has 104 valence electrons. The molecule has 2 rings (SSSR count). The van der Waals surface area contributed by atoms with Crippen molar-refractivity contribution in [3.05, 3.63) is 54.6 Å². The highest BCUT2D eigenvalue weighted by molar-refractivity contribution is 5.74. The van der Waals surface area contributed by atoms with E-state index in [1.165, 1.54) is 0 Å². The van der Waals surface area contributed by atoms with Gasteiger partial charge in [-0.15, -0.1) is 0 Å². The predicted molar refractivity (Wildman–Crippen MR) is 78.6 cm³/mol. The first-order valence-corrected chi connectivity index (χ1v) is 6.69. The van der Waals surface area contributed by atoms with Crippen LogP contribution < -0.4 is 4.74 Å². The smallest absolute Gasteiger partial charge is 0.347 e. The van der Waals surface area contributed by atoms with Crippen molar-refractivity contribution < 1.29 is 14.3 Å². The summed E-state index contributed by atoms with van der Waals surface area (Å²) >= 11 is 0. The van der Waals surface area contributed by atoms with Gasteiger partial charge in [-0.25, -0.2) is 4.79 Å². The van der Waals surface area contributed by atoms with E-state index >= 15 is 0 Å². The van der Waals surface area contributed by atoms with Crippen LogP contribution in [-0.4, -0.2) is 18.7 Å². The van der Waals surface area contributed by atoms with Gasteiger partial charge in [-0.05, 0) is 37.1 Å². The molecule has 0 bridgehead atoms. The van der Waals surface area contributed by atoms with E-state index in [-0.39, 0.29) is 5.97 Å². The molecular formula is C17H18O3. The van der Waals surface area contributed by atoms with Gasteiger partial charge in [-0.3, -0.25) is 0 Å². The molecule has 0 aliphatic heterocycles. The molecule has 0 N–H and O–H groups in total. The first kappa shape index (κ1) is 14.1. The van der Waals surface area contributed by atoms with Crippen molar-refractivity contribution in [3.63, 3.8) is 0 Å². The summed E-state index contributed by atoms with van der Waals surface area (Å²) in [6.45, 7) is 3.82. The van der Waals surface area contributed by atoms with E-state index in [2.05, 4.69) is 12.1 Å². The normalized spacial score (nSPS) is 11.7. The highest BCUT2D eigenvalue weighted by atomic mass is 16.6. The Labute approximate surface area is 119 Å². The van der Waals surface area contributed by atoms with Gasteiger partial charge in [-0.2, -0.15) is 0 Å². The van der Waals surface area contributed by atoms with Gasteiger partial charge < -0.3 is 9.47 Å². The van der Waals surface area contributed by atoms with Gasteiger partial charge in [0.1, 0.15) is 5.75 Å². The van der Waals surface area contributed by atoms with Crippen molar-refractivity contribution in [2.24, 2.45) is 0 Å². The number of carbonyl (C=O) groups excluding carboxylic acids is 1. The van der Waals surface area contributed by atoms with Crippen LogP contribution in [0.15, 0.2) is 54.6 Å². The molecule has 0 unspecified atom stereocenters. The van der Waals surface area contributed by atoms with Gasteiger partial charge in [0.15, 0.2) is 6.10 Å². The van der Waals surface area contributed by atoms with Gasteiger partial charge in [0, 0.05) is 0 Å². The molecule has 0 radical (unpaired) electrons. The van der Waals surface area contributed by atoms with Crippen LogP contribution in [0.5, 0.6) is 5.75 Å². The van der Waals surface area contributed by atoms with E-state index < -0.39 is 6.10 Å². The Morgan fingerprint density at radius 3 is 2.20 bits per heavy atom. The van der Waals surface area contributed by atoms with Crippen LogP contribution >= 0.6 is 0 Å². The van der Waals surface area contributed by atoms with Crippen molar-refractivity contribution in [2.45, 2.75) is 20.0 Å². The van der Waals surface area contributed by atoms with Gasteiger partial charge in [-0.1, -0.05) is 42.5 Å². The molecule has 0 heterocycles. The molecule has 0 amide bonds. The lowest BCUT2D eigenvalue weighted by Crippen LogP contribution is -2.25. The van der Waals surface area contributed by atoms with Crippen molar-refractivity contribution >= 4 is 5.97 Å². The quantitative estimate of drug-likeness (QED) is 0.777. The minimum absolute atomic E-state index is 0.348. The standard InChI is InChI=1S/C17H18O3/c1-3-19-17(18)13(2)20-16-11-9-15(10-12-16)14-7-5-4-6-8-14/h4-13H,3H2,1-2H3/t13-/m0/s1. The first-order valence-electron chi connectivity index (χ1n) is 6.69. The third-order valence-electron chi connectivity index (χ3n) is 2.89. The van der Waals surface area contributed by atoms with Crippen LogP contribution in [0.3, 0.4) is 0 Å². The molecule has 0 aliphatic carbocycles. The zero-order valence-electron chi connectivity index (χ0n) is 11.7. The molecule has 3 nitrogen and oxygen atoms in total. The number of hydrogen-bond acceptors (Lipinski definition) is 3. The number of carbonyl (C=O) groups is 1. The molecular weight excluding hydrogens is 252 g/mol. The summed E-state index contributed by atoms with van der Waals surface area (Å²) in [4.78, 5) is 11.5. The van der Waals surface area contributed by atoms with E-state index in [0.29, 0.717) is 12.4 Å². The van der Waals surface area contributed by atoms with Gasteiger partial charge in [0.25, 0.3) is 0 Å². The average molecular weight is 270 g/mol. The fourth-order valence-electron chi connectivity index (χ4n) is 1.87. The lowest BCUT2D eigenvalue weighted by Gasteiger charge is -2.13. The number of hydrogen-bond donors (Lipinski definition) is 0. The van der Waals surface area contributed by atoms with E-state index in [0.717, 1.165) is 11.1 Å². The van der Waals surface area contributed by atoms with Crippen LogP contribution in [0.2, 0.25) is 0 Å². The maximum absolute atomic E-state index is 11.5. The Bertz CT molecular complexity index is 546. The molecule has 3 heteroatoms. The Balaban J connectivity index is 2.04. The molecule has 0 saturated carbocycles. The first-order chi connectivity index (χ1) is 9.70. The zero-order chi connectivity index (χ0) is 14.4. The molecule has 0 spiro atoms. The van der Waals surface area contributed by atoms with Crippen molar-refractivity contribution in [2.75, 3.05) is 6.61 Å². The monoisotopic (exact) mass is 270 g/mol. The fraction of sp³-hybridized carbons (Fsp3) is 0.235. The summed E-state index contributed by atoms with van der Waals surface area (Å²) in [5.74, 6) is 0.310. The topological polar surface area (TPSA) is 35.5 Å². The maximum Gasteiger partial charge on any atom is 0.347 e. The summed E-state index contributed by atoms with van der Waals surface area (Å²) < 4.78 is 10.4. The van der Waals surface area contributed by atoms with E-state index in [4.69, 9.17) is 9.47 Å². The summed E-state index contributed by atoms with van der Waals surface area (Å²) in [6, 6.07) is 17.8. The zero-order valence-corrected chi connectivity index (χ0v) is 11.7. The Morgan fingerprint density at radius 2 is 1.60 bits per heavy atom. The second kappa shape index (κ2) is 6.75. The third kappa shape index (κ3) is 3.60. The Morgan fingerprint density at radius 1 is 1.00 bits per heavy atom. The molecule has 0 fully saturated rings. The Hall–Kier alpha value is -2.29. The molecule has 0 saturated heterocycles. The molecule has 2 aromatic carbocycles. The fourth-order valence-corrected chi connectivity index (χ4v) is 1.87.